The van der Waals surface area contributed by atoms with E-state index in [9.17, 15) is 28.0 Å². The quantitative estimate of drug-likeness (QED) is 0.0425. The highest BCUT2D eigenvalue weighted by Gasteiger charge is 2.49. The van der Waals surface area contributed by atoms with Gasteiger partial charge < -0.3 is 5.73 Å². The van der Waals surface area contributed by atoms with Gasteiger partial charge in [-0.3, -0.25) is 29.6 Å². The number of carbonyl (C=O) groups excluding carboxylic acids is 3. The summed E-state index contributed by atoms with van der Waals surface area (Å²) in [6.45, 7) is 7.05. The number of hydrogen-bond acceptors (Lipinski definition) is 8. The lowest BCUT2D eigenvalue weighted by atomic mass is 9.67. The first kappa shape index (κ1) is 37.0. The Hall–Kier alpha value is -4.20. The lowest BCUT2D eigenvalue weighted by Gasteiger charge is -2.35. The Morgan fingerprint density at radius 1 is 0.978 bits per heavy atom. The second kappa shape index (κ2) is 16.8. The number of allylic oxidation sites excluding steroid dienone is 1. The molecule has 3 aromatic rings. The van der Waals surface area contributed by atoms with Crippen LogP contribution in [-0.4, -0.2) is 41.8 Å². The van der Waals surface area contributed by atoms with Gasteiger partial charge in [0.05, 0.1) is 16.9 Å². The maximum absolute atomic E-state index is 13.4. The van der Waals surface area contributed by atoms with Crippen LogP contribution in [0.3, 0.4) is 0 Å². The van der Waals surface area contributed by atoms with Crippen molar-refractivity contribution in [2.24, 2.45) is 11.6 Å². The van der Waals surface area contributed by atoms with Gasteiger partial charge in [-0.2, -0.15) is 8.42 Å². The number of hydroxylamine groups is 1. The van der Waals surface area contributed by atoms with Crippen LogP contribution in [0.15, 0.2) is 83.8 Å². The van der Waals surface area contributed by atoms with E-state index in [0.717, 1.165) is 16.7 Å². The van der Waals surface area contributed by atoms with Gasteiger partial charge in [-0.1, -0.05) is 97.3 Å². The zero-order valence-electron chi connectivity index (χ0n) is 25.9. The molecule has 0 aromatic heterocycles. The average Bonchev–Trinajstić information content (AvgIpc) is 3.01. The summed E-state index contributed by atoms with van der Waals surface area (Å²) in [5.41, 5.74) is 11.7. The molecule has 3 aromatic carbocycles. The number of amides is 2. The largest absolute Gasteiger partial charge is 0.322 e. The van der Waals surface area contributed by atoms with Crippen LogP contribution in [0, 0.1) is 13.8 Å². The van der Waals surface area contributed by atoms with Crippen LogP contribution in [0.1, 0.15) is 66.8 Å². The number of nitrogens with two attached hydrogens (primary N) is 2. The summed E-state index contributed by atoms with van der Waals surface area (Å²) >= 11 is 0. The first-order valence-electron chi connectivity index (χ1n) is 14.3. The van der Waals surface area contributed by atoms with Crippen LogP contribution in [0.5, 0.6) is 0 Å². The summed E-state index contributed by atoms with van der Waals surface area (Å²) in [5.74, 6) is 2.81. The molecule has 0 aliphatic heterocycles. The number of ketones is 1. The molecule has 0 bridgehead atoms. The fourth-order valence-electron chi connectivity index (χ4n) is 5.05. The number of nitrogens with one attached hydrogen (secondary N) is 2. The predicted molar refractivity (Wildman–Crippen MR) is 173 cm³/mol. The standard InChI is InChI=1S/C26H34N4O4.C7H8O3S/c1-4-15-26(25(33)29-28,23(31)18(3)27)22-14-13-17(2)16-21(22)20(24(32)30-34)12-8-11-19-9-6-5-7-10-19;1-6-2-4-7(5-3-6)11(8,9)10/h5-11,13-14,16,18,20,34H,4,12,15,27-28H2,1-3H3,(H,29,33)(H,30,32);2-5H,1H3,(H,8,9,10)/b11-8+;/t18-,20+,26-;/m1./s1. The van der Waals surface area contributed by atoms with E-state index >= 15 is 0 Å². The zero-order valence-corrected chi connectivity index (χ0v) is 26.7. The van der Waals surface area contributed by atoms with Crippen molar-refractivity contribution in [3.8, 4) is 0 Å². The maximum Gasteiger partial charge on any atom is 0.294 e. The number of hydrazine groups is 1. The summed E-state index contributed by atoms with van der Waals surface area (Å²) in [7, 11) is -4.02. The molecule has 0 fully saturated rings. The summed E-state index contributed by atoms with van der Waals surface area (Å²) in [6, 6.07) is 19.8. The number of aryl methyl sites for hydroxylation is 2. The summed E-state index contributed by atoms with van der Waals surface area (Å²) in [4.78, 5) is 39.4. The molecular formula is C33H42N4O7S. The van der Waals surface area contributed by atoms with Crippen LogP contribution in [0.4, 0.5) is 0 Å². The molecule has 0 unspecified atom stereocenters. The molecule has 2 amide bonds. The molecule has 3 atom stereocenters. The molecule has 0 saturated carbocycles. The monoisotopic (exact) mass is 638 g/mol. The van der Waals surface area contributed by atoms with E-state index in [1.807, 2.05) is 63.3 Å². The number of benzene rings is 3. The molecule has 0 aliphatic rings. The topological polar surface area (TPSA) is 202 Å². The number of hydrogen-bond donors (Lipinski definition) is 6. The molecule has 0 radical (unpaired) electrons. The minimum Gasteiger partial charge on any atom is -0.322 e. The Balaban J connectivity index is 0.000000537. The third kappa shape index (κ3) is 9.64. The van der Waals surface area contributed by atoms with E-state index in [0.29, 0.717) is 17.5 Å². The van der Waals surface area contributed by atoms with Gasteiger partial charge in [0, 0.05) is 0 Å². The lowest BCUT2D eigenvalue weighted by Crippen LogP contribution is -2.57. The highest BCUT2D eigenvalue weighted by atomic mass is 32.2. The first-order chi connectivity index (χ1) is 21.2. The molecule has 0 saturated heterocycles. The van der Waals surface area contributed by atoms with Gasteiger partial charge in [-0.25, -0.2) is 11.3 Å². The lowest BCUT2D eigenvalue weighted by molar-refractivity contribution is -0.138. The molecular weight excluding hydrogens is 596 g/mol. The molecule has 12 heteroatoms. The fraction of sp³-hybridized carbons (Fsp3) is 0.303. The highest BCUT2D eigenvalue weighted by Crippen LogP contribution is 2.39. The van der Waals surface area contributed by atoms with Gasteiger partial charge in [0.2, 0.25) is 0 Å². The van der Waals surface area contributed by atoms with Gasteiger partial charge in [-0.05, 0) is 62.4 Å². The van der Waals surface area contributed by atoms with Crippen LogP contribution in [0.25, 0.3) is 6.08 Å². The number of rotatable bonds is 12. The summed E-state index contributed by atoms with van der Waals surface area (Å²) in [5, 5.41) is 9.49. The van der Waals surface area contributed by atoms with Gasteiger partial charge in [-0.15, -0.1) is 0 Å². The second-order valence-corrected chi connectivity index (χ2v) is 12.2. The highest BCUT2D eigenvalue weighted by molar-refractivity contribution is 7.85. The predicted octanol–water partition coefficient (Wildman–Crippen LogP) is 3.87. The Bertz CT molecular complexity index is 1590. The SMILES string of the molecule is CCC[C@](C(=O)NN)(C(=O)[C@@H](C)N)c1ccc(C)cc1[C@H](C/C=C/c1ccccc1)C(=O)NO.Cc1ccc(S(=O)(=O)O)cc1. The van der Waals surface area contributed by atoms with E-state index in [1.165, 1.54) is 19.1 Å². The smallest absolute Gasteiger partial charge is 0.294 e. The maximum atomic E-state index is 13.4. The van der Waals surface area contributed by atoms with Crippen LogP contribution in [0.2, 0.25) is 0 Å². The Kier molecular flexibility index (Phi) is 13.8. The zero-order chi connectivity index (χ0) is 33.8. The van der Waals surface area contributed by atoms with Crippen molar-refractivity contribution in [3.63, 3.8) is 0 Å². The van der Waals surface area contributed by atoms with Gasteiger partial charge in [0.1, 0.15) is 5.41 Å². The van der Waals surface area contributed by atoms with E-state index in [-0.39, 0.29) is 17.7 Å². The Morgan fingerprint density at radius 2 is 1.58 bits per heavy atom. The minimum absolute atomic E-state index is 0.0666. The van der Waals surface area contributed by atoms with E-state index in [1.54, 1.807) is 35.8 Å². The Labute approximate surface area is 264 Å². The summed E-state index contributed by atoms with van der Waals surface area (Å²) in [6.07, 6.45) is 4.55. The average molecular weight is 639 g/mol. The normalized spacial score (nSPS) is 14.0. The van der Waals surface area contributed by atoms with Crippen LogP contribution >= 0.6 is 0 Å². The van der Waals surface area contributed by atoms with Gasteiger partial charge in [0.25, 0.3) is 21.9 Å². The number of carbonyl (C=O) groups is 3. The van der Waals surface area contributed by atoms with Crippen molar-refractivity contribution in [2.45, 2.75) is 69.2 Å². The first-order valence-corrected chi connectivity index (χ1v) is 15.8. The number of Topliss-reactive ketones (excluding diaryl/α,β-unsaturated/α-hetero) is 1. The van der Waals surface area contributed by atoms with Crippen molar-refractivity contribution in [2.75, 3.05) is 0 Å². The van der Waals surface area contributed by atoms with E-state index in [4.69, 9.17) is 16.1 Å². The second-order valence-electron chi connectivity index (χ2n) is 10.7. The van der Waals surface area contributed by atoms with E-state index in [2.05, 4.69) is 5.43 Å². The van der Waals surface area contributed by atoms with Gasteiger partial charge in [0.15, 0.2) is 5.78 Å². The third-order valence-corrected chi connectivity index (χ3v) is 8.12. The van der Waals surface area contributed by atoms with Crippen LogP contribution in [-0.2, 0) is 29.9 Å². The fourth-order valence-corrected chi connectivity index (χ4v) is 5.53. The molecule has 11 nitrogen and oxygen atoms in total. The van der Waals surface area contributed by atoms with Crippen molar-refractivity contribution in [1.29, 1.82) is 0 Å². The van der Waals surface area contributed by atoms with Gasteiger partial charge >= 0.3 is 0 Å². The minimum atomic E-state index is -4.02. The Morgan fingerprint density at radius 3 is 2.09 bits per heavy atom. The molecule has 242 valence electrons. The molecule has 3 rings (SSSR count). The molecule has 0 aliphatic carbocycles. The van der Waals surface area contributed by atoms with Crippen molar-refractivity contribution in [1.82, 2.24) is 10.9 Å². The third-order valence-electron chi connectivity index (χ3n) is 7.25. The van der Waals surface area contributed by atoms with Crippen molar-refractivity contribution < 1.29 is 32.6 Å². The molecule has 0 spiro atoms. The molecule has 0 heterocycles. The summed E-state index contributed by atoms with van der Waals surface area (Å²) < 4.78 is 29.6. The van der Waals surface area contributed by atoms with Crippen LogP contribution < -0.4 is 22.5 Å². The molecule has 45 heavy (non-hydrogen) atoms. The molecule has 8 N–H and O–H groups in total. The van der Waals surface area contributed by atoms with E-state index < -0.39 is 45.1 Å². The van der Waals surface area contributed by atoms with Crippen molar-refractivity contribution >= 4 is 33.8 Å². The van der Waals surface area contributed by atoms with Crippen molar-refractivity contribution in [3.05, 3.63) is 107 Å².